The second-order valence-corrected chi connectivity index (χ2v) is 12.7. The molecule has 1 aliphatic rings. The number of ether oxygens (including phenoxy) is 2. The Bertz CT molecular complexity index is 1160. The smallest absolute Gasteiger partial charge is 0.313 e. The molecule has 13 heteroatoms. The molecule has 4 N–H and O–H groups in total. The van der Waals surface area contributed by atoms with E-state index in [4.69, 9.17) is 9.47 Å². The van der Waals surface area contributed by atoms with Crippen molar-refractivity contribution < 1.29 is 37.1 Å². The molecule has 0 bridgehead atoms. The van der Waals surface area contributed by atoms with E-state index in [2.05, 4.69) is 16.0 Å². The summed E-state index contributed by atoms with van der Waals surface area (Å²) >= 11 is 0. The van der Waals surface area contributed by atoms with Crippen molar-refractivity contribution >= 4 is 39.3 Å². The highest BCUT2D eigenvalue weighted by Crippen LogP contribution is 2.29. The Hall–Kier alpha value is -3.03. The Morgan fingerprint density at radius 1 is 1.07 bits per heavy atom. The van der Waals surface area contributed by atoms with Gasteiger partial charge < -0.3 is 25.4 Å². The van der Waals surface area contributed by atoms with Gasteiger partial charge in [0, 0.05) is 12.3 Å². The molecule has 1 aromatic rings. The van der Waals surface area contributed by atoms with E-state index in [-0.39, 0.29) is 5.41 Å². The minimum Gasteiger partial charge on any atom is -0.353 e. The van der Waals surface area contributed by atoms with Gasteiger partial charge in [-0.05, 0) is 49.7 Å². The standard InChI is InChI=1S/C27H42N4O8S/c1-7-21(39-23-14-10-11-15-38-23)20(16-22(32)31-40(6,36)37)30-24(33)17(2)28-25(34)26(35)29-19-13-9-8-12-18(19)27(3,4)5/h8-9,12-13,17,20-21,23H,7,10-11,14-16H2,1-6H3,(H,28,34)(H,29,35)(H,30,33)(H,31,32)/t17-,20-,21?,23?/m0/s1. The van der Waals surface area contributed by atoms with Crippen LogP contribution in [-0.2, 0) is 44.1 Å². The Labute approximate surface area is 236 Å². The summed E-state index contributed by atoms with van der Waals surface area (Å²) in [6.07, 6.45) is 2.09. The average Bonchev–Trinajstić information content (AvgIpc) is 2.85. The highest BCUT2D eigenvalue weighted by Gasteiger charge is 2.32. The summed E-state index contributed by atoms with van der Waals surface area (Å²) in [5.74, 6) is -3.46. The van der Waals surface area contributed by atoms with Crippen molar-refractivity contribution in [2.45, 2.75) is 96.6 Å². The third kappa shape index (κ3) is 10.9. The number of amides is 4. The van der Waals surface area contributed by atoms with Gasteiger partial charge in [-0.2, -0.15) is 0 Å². The van der Waals surface area contributed by atoms with Crippen LogP contribution in [0.15, 0.2) is 24.3 Å². The number of nitrogens with one attached hydrogen (secondary N) is 4. The van der Waals surface area contributed by atoms with Crippen LogP contribution in [0.3, 0.4) is 0 Å². The monoisotopic (exact) mass is 582 g/mol. The zero-order valence-corrected chi connectivity index (χ0v) is 24.9. The molecule has 1 aliphatic heterocycles. The SMILES string of the molecule is CCC(OC1CCCCO1)[C@H](CC(=O)NS(C)(=O)=O)NC(=O)[C@H](C)NC(=O)C(=O)Nc1ccccc1C(C)(C)C. The van der Waals surface area contributed by atoms with Crippen LogP contribution in [-0.4, -0.2) is 69.4 Å². The fourth-order valence-corrected chi connectivity index (χ4v) is 4.77. The molecule has 2 unspecified atom stereocenters. The van der Waals surface area contributed by atoms with Gasteiger partial charge in [0.05, 0.1) is 24.8 Å². The number of carbonyl (C=O) groups excluding carboxylic acids is 4. The Morgan fingerprint density at radius 2 is 1.75 bits per heavy atom. The van der Waals surface area contributed by atoms with Crippen molar-refractivity contribution in [1.82, 2.24) is 15.4 Å². The van der Waals surface area contributed by atoms with E-state index in [9.17, 15) is 27.6 Å². The van der Waals surface area contributed by atoms with Gasteiger partial charge in [-0.1, -0.05) is 45.9 Å². The maximum atomic E-state index is 13.0. The summed E-state index contributed by atoms with van der Waals surface area (Å²) in [4.78, 5) is 50.7. The molecule has 1 aromatic carbocycles. The summed E-state index contributed by atoms with van der Waals surface area (Å²) in [6, 6.07) is 5.03. The minimum atomic E-state index is -3.82. The van der Waals surface area contributed by atoms with Gasteiger partial charge in [-0.15, -0.1) is 0 Å². The molecule has 2 rings (SSSR count). The van der Waals surface area contributed by atoms with Crippen LogP contribution in [0.5, 0.6) is 0 Å². The molecule has 0 aromatic heterocycles. The molecule has 224 valence electrons. The first-order chi connectivity index (χ1) is 18.6. The van der Waals surface area contributed by atoms with E-state index >= 15 is 0 Å². The normalized spacial score (nSPS) is 18.1. The number of benzene rings is 1. The van der Waals surface area contributed by atoms with Crippen LogP contribution in [0, 0.1) is 0 Å². The molecular weight excluding hydrogens is 540 g/mol. The summed E-state index contributed by atoms with van der Waals surface area (Å²) < 4.78 is 36.6. The third-order valence-electron chi connectivity index (χ3n) is 6.28. The minimum absolute atomic E-state index is 0.285. The van der Waals surface area contributed by atoms with Crippen molar-refractivity contribution in [3.63, 3.8) is 0 Å². The molecule has 4 amide bonds. The Morgan fingerprint density at radius 3 is 2.33 bits per heavy atom. The quantitative estimate of drug-likeness (QED) is 0.286. The molecule has 1 fully saturated rings. The van der Waals surface area contributed by atoms with E-state index in [0.717, 1.165) is 24.7 Å². The Balaban J connectivity index is 2.09. The molecule has 1 saturated heterocycles. The molecule has 0 radical (unpaired) electrons. The topological polar surface area (TPSA) is 169 Å². The van der Waals surface area contributed by atoms with Gasteiger partial charge in [0.25, 0.3) is 0 Å². The summed E-state index contributed by atoms with van der Waals surface area (Å²) in [6.45, 7) is 9.65. The van der Waals surface area contributed by atoms with E-state index in [1.807, 2.05) is 37.6 Å². The highest BCUT2D eigenvalue weighted by molar-refractivity contribution is 7.89. The van der Waals surface area contributed by atoms with E-state index < -0.39 is 64.6 Å². The van der Waals surface area contributed by atoms with Gasteiger partial charge in [0.1, 0.15) is 6.04 Å². The fourth-order valence-electron chi connectivity index (χ4n) is 4.27. The van der Waals surface area contributed by atoms with Crippen LogP contribution < -0.4 is 20.7 Å². The zero-order valence-electron chi connectivity index (χ0n) is 24.0. The van der Waals surface area contributed by atoms with Crippen LogP contribution in [0.4, 0.5) is 5.69 Å². The van der Waals surface area contributed by atoms with Crippen molar-refractivity contribution in [3.05, 3.63) is 29.8 Å². The van der Waals surface area contributed by atoms with Gasteiger partial charge in [-0.25, -0.2) is 8.42 Å². The molecule has 12 nitrogen and oxygen atoms in total. The number of carbonyl (C=O) groups is 4. The second-order valence-electron chi connectivity index (χ2n) is 10.9. The first kappa shape index (κ1) is 33.2. The maximum Gasteiger partial charge on any atom is 0.313 e. The first-order valence-corrected chi connectivity index (χ1v) is 15.3. The van der Waals surface area contributed by atoms with Crippen LogP contribution >= 0.6 is 0 Å². The van der Waals surface area contributed by atoms with Gasteiger partial charge in [0.15, 0.2) is 6.29 Å². The number of anilines is 1. The molecular formula is C27H42N4O8S. The summed E-state index contributed by atoms with van der Waals surface area (Å²) in [5, 5.41) is 7.64. The lowest BCUT2D eigenvalue weighted by molar-refractivity contribution is -0.195. The Kier molecular flexibility index (Phi) is 12.1. The number of para-hydroxylation sites is 1. The van der Waals surface area contributed by atoms with E-state index in [0.29, 0.717) is 25.1 Å². The van der Waals surface area contributed by atoms with Gasteiger partial charge in [-0.3, -0.25) is 23.9 Å². The zero-order chi connectivity index (χ0) is 30.1. The van der Waals surface area contributed by atoms with Crippen LogP contribution in [0.2, 0.25) is 0 Å². The van der Waals surface area contributed by atoms with Gasteiger partial charge in [0.2, 0.25) is 21.8 Å². The lowest BCUT2D eigenvalue weighted by Crippen LogP contribution is -2.54. The average molecular weight is 583 g/mol. The number of hydrogen-bond acceptors (Lipinski definition) is 8. The molecule has 0 spiro atoms. The number of hydrogen-bond donors (Lipinski definition) is 4. The third-order valence-corrected chi connectivity index (χ3v) is 6.88. The van der Waals surface area contributed by atoms with Gasteiger partial charge >= 0.3 is 11.8 Å². The number of sulfonamides is 1. The van der Waals surface area contributed by atoms with Crippen molar-refractivity contribution in [3.8, 4) is 0 Å². The van der Waals surface area contributed by atoms with E-state index in [1.165, 1.54) is 6.92 Å². The summed E-state index contributed by atoms with van der Waals surface area (Å²) in [5.41, 5.74) is 1.04. The molecule has 1 heterocycles. The van der Waals surface area contributed by atoms with Crippen molar-refractivity contribution in [1.29, 1.82) is 0 Å². The molecule has 4 atom stereocenters. The molecule has 40 heavy (non-hydrogen) atoms. The summed E-state index contributed by atoms with van der Waals surface area (Å²) in [7, 11) is -3.82. The van der Waals surface area contributed by atoms with Crippen molar-refractivity contribution in [2.75, 3.05) is 18.2 Å². The second kappa shape index (κ2) is 14.6. The van der Waals surface area contributed by atoms with Crippen LogP contribution in [0.1, 0.15) is 72.3 Å². The lowest BCUT2D eigenvalue weighted by Gasteiger charge is -2.32. The molecule has 0 aliphatic carbocycles. The predicted octanol–water partition coefficient (Wildman–Crippen LogP) is 1.70. The van der Waals surface area contributed by atoms with E-state index in [1.54, 1.807) is 19.1 Å². The maximum absolute atomic E-state index is 13.0. The highest BCUT2D eigenvalue weighted by atomic mass is 32.2. The fraction of sp³-hybridized carbons (Fsp3) is 0.630. The predicted molar refractivity (Wildman–Crippen MR) is 150 cm³/mol. The number of rotatable bonds is 11. The van der Waals surface area contributed by atoms with Crippen molar-refractivity contribution in [2.24, 2.45) is 0 Å². The van der Waals surface area contributed by atoms with Crippen LogP contribution in [0.25, 0.3) is 0 Å². The lowest BCUT2D eigenvalue weighted by atomic mass is 9.86. The largest absolute Gasteiger partial charge is 0.353 e. The molecule has 0 saturated carbocycles. The first-order valence-electron chi connectivity index (χ1n) is 13.4.